The minimum absolute atomic E-state index is 0. The Morgan fingerprint density at radius 1 is 1.25 bits per heavy atom. The molecule has 0 bridgehead atoms. The van der Waals surface area contributed by atoms with Gasteiger partial charge >= 0.3 is 0 Å². The summed E-state index contributed by atoms with van der Waals surface area (Å²) in [5.74, 6) is 1.67. The van der Waals surface area contributed by atoms with Crippen LogP contribution in [0.25, 0.3) is 0 Å². The van der Waals surface area contributed by atoms with Gasteiger partial charge in [0, 0.05) is 27.2 Å². The molecule has 0 unspecified atom stereocenters. The third-order valence-electron chi connectivity index (χ3n) is 2.65. The first-order chi connectivity index (χ1) is 9.30. The average molecular weight is 393 g/mol. The number of rotatable bonds is 7. The molecule has 114 valence electrons. The van der Waals surface area contributed by atoms with Crippen LogP contribution in [0.1, 0.15) is 12.0 Å². The molecule has 1 aromatic rings. The van der Waals surface area contributed by atoms with Crippen LogP contribution in [-0.2, 0) is 11.3 Å². The van der Waals surface area contributed by atoms with Crippen LogP contribution in [0.15, 0.2) is 29.3 Å². The van der Waals surface area contributed by atoms with Gasteiger partial charge in [0.1, 0.15) is 5.75 Å². The van der Waals surface area contributed by atoms with E-state index in [4.69, 9.17) is 9.47 Å². The van der Waals surface area contributed by atoms with Gasteiger partial charge in [-0.25, -0.2) is 0 Å². The van der Waals surface area contributed by atoms with Crippen molar-refractivity contribution >= 4 is 29.9 Å². The molecule has 0 atom stereocenters. The van der Waals surface area contributed by atoms with E-state index in [2.05, 4.69) is 15.6 Å². The molecule has 0 amide bonds. The van der Waals surface area contributed by atoms with E-state index in [1.54, 1.807) is 14.2 Å². The second-order valence-corrected chi connectivity index (χ2v) is 4.00. The van der Waals surface area contributed by atoms with Gasteiger partial charge in [-0.2, -0.15) is 0 Å². The smallest absolute Gasteiger partial charge is 0.190 e. The lowest BCUT2D eigenvalue weighted by molar-refractivity contribution is 0.119. The molecule has 20 heavy (non-hydrogen) atoms. The minimum Gasteiger partial charge on any atom is -0.497 e. The van der Waals surface area contributed by atoms with E-state index >= 15 is 0 Å². The number of nitrogens with zero attached hydrogens (tertiary/aromatic N) is 1. The highest BCUT2D eigenvalue weighted by Gasteiger charge is 1.96. The summed E-state index contributed by atoms with van der Waals surface area (Å²) in [7, 11) is 5.26. The molecule has 1 rings (SSSR count). The molecule has 0 aliphatic heterocycles. The van der Waals surface area contributed by atoms with E-state index in [0.29, 0.717) is 6.61 Å². The Morgan fingerprint density at radius 2 is 1.95 bits per heavy atom. The predicted molar refractivity (Wildman–Crippen MR) is 93.1 cm³/mol. The van der Waals surface area contributed by atoms with Gasteiger partial charge in [-0.15, -0.1) is 24.0 Å². The van der Waals surface area contributed by atoms with Crippen molar-refractivity contribution in [2.24, 2.45) is 4.99 Å². The van der Waals surface area contributed by atoms with E-state index < -0.39 is 0 Å². The van der Waals surface area contributed by atoms with E-state index in [0.717, 1.165) is 36.8 Å². The Morgan fingerprint density at radius 3 is 2.50 bits per heavy atom. The summed E-state index contributed by atoms with van der Waals surface area (Å²) < 4.78 is 10.7. The van der Waals surface area contributed by atoms with Crippen LogP contribution in [0.4, 0.5) is 0 Å². The van der Waals surface area contributed by atoms with E-state index in [9.17, 15) is 0 Å². The fourth-order valence-electron chi connectivity index (χ4n) is 1.57. The summed E-state index contributed by atoms with van der Waals surface area (Å²) >= 11 is 0. The molecule has 0 saturated heterocycles. The van der Waals surface area contributed by atoms with Crippen molar-refractivity contribution in [3.8, 4) is 5.75 Å². The molecule has 6 heteroatoms. The standard InChI is InChI=1S/C14H23N3O2.HI/c1-15-14(16-2)17-9-4-10-19-11-12-5-7-13(18-3)8-6-12;/h5-8H,4,9-11H2,1-3H3,(H2,15,16,17);1H. The van der Waals surface area contributed by atoms with Gasteiger partial charge in [0.05, 0.1) is 13.7 Å². The molecule has 0 fully saturated rings. The number of aliphatic imine (C=N–C) groups is 1. The maximum atomic E-state index is 5.60. The maximum Gasteiger partial charge on any atom is 0.190 e. The van der Waals surface area contributed by atoms with Crippen molar-refractivity contribution in [1.82, 2.24) is 10.6 Å². The summed E-state index contributed by atoms with van der Waals surface area (Å²) in [4.78, 5) is 4.03. The first-order valence-corrected chi connectivity index (χ1v) is 6.39. The fraction of sp³-hybridized carbons (Fsp3) is 0.500. The molecular weight excluding hydrogens is 369 g/mol. The second kappa shape index (κ2) is 11.8. The summed E-state index contributed by atoms with van der Waals surface area (Å²) in [6.07, 6.45) is 0.941. The zero-order chi connectivity index (χ0) is 13.9. The Hall–Kier alpha value is -1.02. The molecule has 0 aliphatic rings. The second-order valence-electron chi connectivity index (χ2n) is 4.00. The highest BCUT2D eigenvalue weighted by molar-refractivity contribution is 14.0. The Balaban J connectivity index is 0.00000361. The summed E-state index contributed by atoms with van der Waals surface area (Å²) in [5.41, 5.74) is 1.15. The van der Waals surface area contributed by atoms with E-state index in [-0.39, 0.29) is 24.0 Å². The highest BCUT2D eigenvalue weighted by Crippen LogP contribution is 2.11. The lowest BCUT2D eigenvalue weighted by Crippen LogP contribution is -2.35. The Bertz CT molecular complexity index is 383. The molecule has 2 N–H and O–H groups in total. The number of hydrogen-bond donors (Lipinski definition) is 2. The van der Waals surface area contributed by atoms with Crippen LogP contribution in [0.3, 0.4) is 0 Å². The van der Waals surface area contributed by atoms with Crippen molar-refractivity contribution in [2.75, 3.05) is 34.4 Å². The van der Waals surface area contributed by atoms with Crippen LogP contribution in [0.2, 0.25) is 0 Å². The number of methoxy groups -OCH3 is 1. The van der Waals surface area contributed by atoms with Crippen LogP contribution < -0.4 is 15.4 Å². The van der Waals surface area contributed by atoms with Crippen LogP contribution in [-0.4, -0.2) is 40.3 Å². The Kier molecular flexibility index (Phi) is 11.2. The van der Waals surface area contributed by atoms with Crippen LogP contribution >= 0.6 is 24.0 Å². The lowest BCUT2D eigenvalue weighted by atomic mass is 10.2. The fourth-order valence-corrected chi connectivity index (χ4v) is 1.57. The number of nitrogens with one attached hydrogen (secondary N) is 2. The lowest BCUT2D eigenvalue weighted by Gasteiger charge is -2.09. The highest BCUT2D eigenvalue weighted by atomic mass is 127. The van der Waals surface area contributed by atoms with Gasteiger partial charge in [0.2, 0.25) is 0 Å². The predicted octanol–water partition coefficient (Wildman–Crippen LogP) is 2.01. The third kappa shape index (κ3) is 7.54. The summed E-state index contributed by atoms with van der Waals surface area (Å²) in [6.45, 7) is 2.20. The van der Waals surface area contributed by atoms with Gasteiger partial charge in [0.15, 0.2) is 5.96 Å². The number of ether oxygens (including phenoxy) is 2. The van der Waals surface area contributed by atoms with Gasteiger partial charge in [-0.3, -0.25) is 4.99 Å². The van der Waals surface area contributed by atoms with Gasteiger partial charge in [0.25, 0.3) is 0 Å². The van der Waals surface area contributed by atoms with Gasteiger partial charge in [-0.05, 0) is 24.1 Å². The van der Waals surface area contributed by atoms with Crippen molar-refractivity contribution in [1.29, 1.82) is 0 Å². The molecule has 1 aromatic carbocycles. The van der Waals surface area contributed by atoms with E-state index in [1.807, 2.05) is 31.3 Å². The number of guanidine groups is 1. The van der Waals surface area contributed by atoms with Gasteiger partial charge < -0.3 is 20.1 Å². The third-order valence-corrected chi connectivity index (χ3v) is 2.65. The molecule has 0 aliphatic carbocycles. The van der Waals surface area contributed by atoms with Crippen molar-refractivity contribution in [2.45, 2.75) is 13.0 Å². The molecule has 0 saturated carbocycles. The first kappa shape index (κ1) is 19.0. The molecule has 0 heterocycles. The normalized spacial score (nSPS) is 10.7. The quantitative estimate of drug-likeness (QED) is 0.322. The van der Waals surface area contributed by atoms with Crippen molar-refractivity contribution in [3.05, 3.63) is 29.8 Å². The topological polar surface area (TPSA) is 54.9 Å². The number of hydrogen-bond acceptors (Lipinski definition) is 3. The van der Waals surface area contributed by atoms with Crippen LogP contribution in [0.5, 0.6) is 5.75 Å². The number of halogens is 1. The minimum atomic E-state index is 0. The number of benzene rings is 1. The zero-order valence-electron chi connectivity index (χ0n) is 12.3. The van der Waals surface area contributed by atoms with Crippen molar-refractivity contribution < 1.29 is 9.47 Å². The van der Waals surface area contributed by atoms with Crippen molar-refractivity contribution in [3.63, 3.8) is 0 Å². The Labute approximate surface area is 138 Å². The molecular formula is C14H24IN3O2. The maximum absolute atomic E-state index is 5.60. The van der Waals surface area contributed by atoms with Crippen LogP contribution in [0, 0.1) is 0 Å². The zero-order valence-corrected chi connectivity index (χ0v) is 14.6. The molecule has 0 spiro atoms. The van der Waals surface area contributed by atoms with Gasteiger partial charge in [-0.1, -0.05) is 12.1 Å². The summed E-state index contributed by atoms with van der Waals surface area (Å²) in [5, 5.41) is 6.14. The molecule has 0 radical (unpaired) electrons. The average Bonchev–Trinajstić information content (AvgIpc) is 2.47. The monoisotopic (exact) mass is 393 g/mol. The largest absolute Gasteiger partial charge is 0.497 e. The SMILES string of the molecule is CN=C(NC)NCCCOCc1ccc(OC)cc1.I. The van der Waals surface area contributed by atoms with E-state index in [1.165, 1.54) is 0 Å². The molecule has 0 aromatic heterocycles. The molecule has 5 nitrogen and oxygen atoms in total. The summed E-state index contributed by atoms with van der Waals surface area (Å²) in [6, 6.07) is 7.91. The first-order valence-electron chi connectivity index (χ1n) is 6.39.